The Hall–Kier alpha value is -4.33. The Bertz CT molecular complexity index is 1490. The number of halogens is 1. The number of aliphatic imine (C=N–C) groups is 1. The van der Waals surface area contributed by atoms with E-state index in [1.165, 1.54) is 12.3 Å². The van der Waals surface area contributed by atoms with Gasteiger partial charge in [-0.15, -0.1) is 0 Å². The molecule has 0 fully saturated rings. The van der Waals surface area contributed by atoms with Gasteiger partial charge in [0.05, 0.1) is 13.0 Å². The van der Waals surface area contributed by atoms with Crippen LogP contribution in [0.4, 0.5) is 4.39 Å². The first-order chi connectivity index (χ1) is 19.3. The SMILES string of the molecule is CN=C/C(=C\N)COc1cc(C)c(-c2ccc(F)c3c2CCC3Oc2ccc3c(c2)OCC3CC(=O)O)c(C)c1. The van der Waals surface area contributed by atoms with Gasteiger partial charge in [0.2, 0.25) is 0 Å². The van der Waals surface area contributed by atoms with Crippen LogP contribution >= 0.6 is 0 Å². The molecule has 1 aliphatic carbocycles. The second-order valence-electron chi connectivity index (χ2n) is 10.3. The van der Waals surface area contributed by atoms with Gasteiger partial charge >= 0.3 is 5.97 Å². The Balaban J connectivity index is 1.39. The average molecular weight is 545 g/mol. The number of aliphatic carboxylic acids is 1. The number of aryl methyl sites for hydroxylation is 2. The van der Waals surface area contributed by atoms with Crippen LogP contribution in [0.2, 0.25) is 0 Å². The first-order valence-electron chi connectivity index (χ1n) is 13.3. The molecule has 0 aromatic heterocycles. The molecule has 0 bridgehead atoms. The Morgan fingerprint density at radius 2 is 1.95 bits per heavy atom. The van der Waals surface area contributed by atoms with E-state index in [9.17, 15) is 4.79 Å². The zero-order chi connectivity index (χ0) is 28.4. The van der Waals surface area contributed by atoms with Crippen LogP contribution in [0.25, 0.3) is 11.1 Å². The normalized spacial score (nSPS) is 17.9. The smallest absolute Gasteiger partial charge is 0.304 e. The Morgan fingerprint density at radius 1 is 1.18 bits per heavy atom. The van der Waals surface area contributed by atoms with Crippen LogP contribution < -0.4 is 19.9 Å². The van der Waals surface area contributed by atoms with E-state index in [2.05, 4.69) is 4.99 Å². The van der Waals surface area contributed by atoms with E-state index in [0.717, 1.165) is 44.7 Å². The van der Waals surface area contributed by atoms with Crippen molar-refractivity contribution in [1.82, 2.24) is 0 Å². The first-order valence-corrected chi connectivity index (χ1v) is 13.3. The molecule has 0 saturated carbocycles. The summed E-state index contributed by atoms with van der Waals surface area (Å²) >= 11 is 0. The quantitative estimate of drug-likeness (QED) is 0.318. The van der Waals surface area contributed by atoms with Gasteiger partial charge in [0.15, 0.2) is 0 Å². The minimum Gasteiger partial charge on any atom is -0.492 e. The number of ether oxygens (including phenoxy) is 3. The van der Waals surface area contributed by atoms with E-state index in [4.69, 9.17) is 25.1 Å². The summed E-state index contributed by atoms with van der Waals surface area (Å²) in [6.45, 7) is 4.70. The van der Waals surface area contributed by atoms with Crippen LogP contribution in [-0.2, 0) is 11.2 Å². The summed E-state index contributed by atoms with van der Waals surface area (Å²) < 4.78 is 33.2. The highest BCUT2D eigenvalue weighted by Gasteiger charge is 2.32. The molecule has 2 unspecified atom stereocenters. The summed E-state index contributed by atoms with van der Waals surface area (Å²) in [4.78, 5) is 15.1. The molecule has 3 aromatic carbocycles. The minimum atomic E-state index is -0.858. The fraction of sp³-hybridized carbons (Fsp3) is 0.312. The average Bonchev–Trinajstić information content (AvgIpc) is 3.51. The fourth-order valence-corrected chi connectivity index (χ4v) is 5.79. The maximum Gasteiger partial charge on any atom is 0.304 e. The number of rotatable bonds is 9. The van der Waals surface area contributed by atoms with Gasteiger partial charge in [-0.05, 0) is 78.8 Å². The predicted molar refractivity (Wildman–Crippen MR) is 152 cm³/mol. The van der Waals surface area contributed by atoms with Crippen LogP contribution in [0, 0.1) is 19.7 Å². The van der Waals surface area contributed by atoms with Crippen molar-refractivity contribution in [2.24, 2.45) is 10.7 Å². The van der Waals surface area contributed by atoms with Gasteiger partial charge < -0.3 is 25.1 Å². The highest BCUT2D eigenvalue weighted by molar-refractivity contribution is 5.79. The van der Waals surface area contributed by atoms with Crippen molar-refractivity contribution in [2.45, 2.75) is 45.1 Å². The van der Waals surface area contributed by atoms with E-state index < -0.39 is 12.1 Å². The molecule has 0 saturated heterocycles. The zero-order valence-electron chi connectivity index (χ0n) is 22.9. The molecule has 3 aromatic rings. The van der Waals surface area contributed by atoms with Crippen LogP contribution in [0.1, 0.15) is 52.7 Å². The first kappa shape index (κ1) is 27.2. The molecule has 2 aliphatic rings. The van der Waals surface area contributed by atoms with Crippen LogP contribution in [0.15, 0.2) is 59.2 Å². The highest BCUT2D eigenvalue weighted by Crippen LogP contribution is 2.45. The zero-order valence-corrected chi connectivity index (χ0v) is 22.9. The van der Waals surface area contributed by atoms with E-state index in [-0.39, 0.29) is 18.2 Å². The summed E-state index contributed by atoms with van der Waals surface area (Å²) in [6, 6.07) is 12.8. The van der Waals surface area contributed by atoms with E-state index >= 15 is 4.39 Å². The van der Waals surface area contributed by atoms with Gasteiger partial charge in [-0.1, -0.05) is 12.1 Å². The summed E-state index contributed by atoms with van der Waals surface area (Å²) in [7, 11) is 1.68. The highest BCUT2D eigenvalue weighted by atomic mass is 19.1. The largest absolute Gasteiger partial charge is 0.492 e. The van der Waals surface area contributed by atoms with Crippen molar-refractivity contribution in [3.05, 3.63) is 87.9 Å². The molecule has 0 amide bonds. The minimum absolute atomic E-state index is 0.0165. The summed E-state index contributed by atoms with van der Waals surface area (Å²) in [5.41, 5.74) is 12.9. The molecule has 1 aliphatic heterocycles. The third kappa shape index (κ3) is 5.39. The van der Waals surface area contributed by atoms with Crippen molar-refractivity contribution >= 4 is 12.2 Å². The number of carboxylic acid groups (broad SMARTS) is 1. The van der Waals surface area contributed by atoms with E-state index in [1.54, 1.807) is 19.3 Å². The maximum atomic E-state index is 15.3. The molecule has 3 N–H and O–H groups in total. The number of fused-ring (bicyclic) bond motifs is 2. The molecule has 40 heavy (non-hydrogen) atoms. The van der Waals surface area contributed by atoms with Crippen molar-refractivity contribution in [2.75, 3.05) is 20.3 Å². The Labute approximate surface area is 233 Å². The van der Waals surface area contributed by atoms with Crippen molar-refractivity contribution in [3.63, 3.8) is 0 Å². The lowest BCUT2D eigenvalue weighted by molar-refractivity contribution is -0.137. The van der Waals surface area contributed by atoms with Gasteiger partial charge in [-0.3, -0.25) is 9.79 Å². The number of benzene rings is 3. The lowest BCUT2D eigenvalue weighted by Crippen LogP contribution is -2.07. The number of carboxylic acids is 1. The van der Waals surface area contributed by atoms with Gasteiger partial charge in [0.1, 0.15) is 35.8 Å². The summed E-state index contributed by atoms with van der Waals surface area (Å²) in [5, 5.41) is 9.15. The fourth-order valence-electron chi connectivity index (χ4n) is 5.79. The number of nitrogens with two attached hydrogens (primary N) is 1. The van der Waals surface area contributed by atoms with Gasteiger partial charge in [-0.25, -0.2) is 4.39 Å². The molecular formula is C32H33FN2O5. The molecule has 2 atom stereocenters. The van der Waals surface area contributed by atoms with Gasteiger partial charge in [0.25, 0.3) is 0 Å². The van der Waals surface area contributed by atoms with Gasteiger partial charge in [-0.2, -0.15) is 0 Å². The molecule has 208 valence electrons. The van der Waals surface area contributed by atoms with E-state index in [1.807, 2.05) is 44.2 Å². The molecular weight excluding hydrogens is 511 g/mol. The molecule has 8 heteroatoms. The third-order valence-corrected chi connectivity index (χ3v) is 7.54. The summed E-state index contributed by atoms with van der Waals surface area (Å²) in [5.74, 6) is 0.608. The Kier molecular flexibility index (Phi) is 7.78. The Morgan fingerprint density at radius 3 is 2.65 bits per heavy atom. The molecule has 0 radical (unpaired) electrons. The van der Waals surface area contributed by atoms with Gasteiger partial charge in [0, 0.05) is 48.1 Å². The molecule has 7 nitrogen and oxygen atoms in total. The molecule has 0 spiro atoms. The standard InChI is InChI=1S/C32H33FN2O5/c1-18-10-23(38-16-20(14-34)15-35-3)11-19(2)31(18)25-6-8-27(33)32-26(25)7-9-28(32)40-22-4-5-24-21(12-30(36)37)17-39-29(24)13-22/h4-6,8,10-11,13-15,21,28H,7,9,12,16-17,34H2,1-3H3,(H,36,37)/b20-14+,35-15?. The van der Waals surface area contributed by atoms with Crippen LogP contribution in [-0.4, -0.2) is 37.6 Å². The monoisotopic (exact) mass is 544 g/mol. The maximum absolute atomic E-state index is 15.3. The van der Waals surface area contributed by atoms with Crippen LogP contribution in [0.3, 0.4) is 0 Å². The summed E-state index contributed by atoms with van der Waals surface area (Å²) in [6.07, 6.45) is 4.06. The topological polar surface area (TPSA) is 103 Å². The van der Waals surface area contributed by atoms with Crippen LogP contribution in [0.5, 0.6) is 17.2 Å². The number of nitrogens with zero attached hydrogens (tertiary/aromatic N) is 1. The third-order valence-electron chi connectivity index (χ3n) is 7.54. The number of hydrogen-bond donors (Lipinski definition) is 2. The van der Waals surface area contributed by atoms with Crippen molar-refractivity contribution in [3.8, 4) is 28.4 Å². The molecule has 1 heterocycles. The second kappa shape index (κ2) is 11.4. The second-order valence-corrected chi connectivity index (χ2v) is 10.3. The van der Waals surface area contributed by atoms with Crippen molar-refractivity contribution < 1.29 is 28.5 Å². The lowest BCUT2D eigenvalue weighted by Gasteiger charge is -2.19. The van der Waals surface area contributed by atoms with E-state index in [0.29, 0.717) is 43.1 Å². The number of hydrogen-bond acceptors (Lipinski definition) is 6. The molecule has 5 rings (SSSR count). The predicted octanol–water partition coefficient (Wildman–Crippen LogP) is 6.05. The lowest BCUT2D eigenvalue weighted by atomic mass is 9.90. The van der Waals surface area contributed by atoms with Crippen molar-refractivity contribution in [1.29, 1.82) is 0 Å². The number of carbonyl (C=O) groups is 1.